The summed E-state index contributed by atoms with van der Waals surface area (Å²) < 4.78 is 30.3. The van der Waals surface area contributed by atoms with Crippen LogP contribution in [0.3, 0.4) is 0 Å². The molecule has 0 aliphatic heterocycles. The Labute approximate surface area is 207 Å². The number of benzene rings is 2. The summed E-state index contributed by atoms with van der Waals surface area (Å²) in [6.07, 6.45) is 1.53. The zero-order valence-electron chi connectivity index (χ0n) is 18.9. The van der Waals surface area contributed by atoms with E-state index in [9.17, 15) is 8.42 Å². The Balaban J connectivity index is 0.00000228. The van der Waals surface area contributed by atoms with Crippen LogP contribution in [-0.2, 0) is 16.4 Å². The molecular formula is C24H30ClN5O3S. The number of nitrogen functional groups attached to an aromatic ring is 1. The standard InChI is InChI=1S/C24H24ClN5O3S.3H2/c1-14(2)34(31,32)18-8-6-15(7-9-18)21-13-28-24(26)23(29-21)22-11-20(30-33-22)16-4-5-17(12-27-3)19(25)10-16;;;/h4-11,13-14,27H,12H2,1-3H3,(H2,26,28);3*1H. The van der Waals surface area contributed by atoms with E-state index in [2.05, 4.69) is 20.4 Å². The lowest BCUT2D eigenvalue weighted by Crippen LogP contribution is -2.13. The smallest absolute Gasteiger partial charge is 0.189 e. The number of halogens is 1. The first kappa shape index (κ1) is 23.9. The van der Waals surface area contributed by atoms with Gasteiger partial charge in [-0.3, -0.25) is 0 Å². The van der Waals surface area contributed by atoms with Crippen molar-refractivity contribution in [1.82, 2.24) is 20.4 Å². The van der Waals surface area contributed by atoms with Crippen molar-refractivity contribution in [3.05, 3.63) is 65.3 Å². The molecule has 0 spiro atoms. The fourth-order valence-corrected chi connectivity index (χ4v) is 4.68. The van der Waals surface area contributed by atoms with Crippen molar-refractivity contribution in [3.63, 3.8) is 0 Å². The maximum Gasteiger partial charge on any atom is 0.189 e. The van der Waals surface area contributed by atoms with Gasteiger partial charge in [-0.2, -0.15) is 0 Å². The summed E-state index contributed by atoms with van der Waals surface area (Å²) in [4.78, 5) is 9.10. The molecule has 0 atom stereocenters. The molecule has 4 aromatic rings. The van der Waals surface area contributed by atoms with Crippen LogP contribution in [0.4, 0.5) is 5.82 Å². The molecule has 10 heteroatoms. The molecule has 2 heterocycles. The second-order valence-electron chi connectivity index (χ2n) is 8.02. The summed E-state index contributed by atoms with van der Waals surface area (Å²) in [7, 11) is -1.50. The fraction of sp³-hybridized carbons (Fsp3) is 0.208. The highest BCUT2D eigenvalue weighted by Crippen LogP contribution is 2.31. The second-order valence-corrected chi connectivity index (χ2v) is 10.9. The van der Waals surface area contributed by atoms with Gasteiger partial charge in [0.2, 0.25) is 0 Å². The van der Waals surface area contributed by atoms with Gasteiger partial charge in [0.05, 0.1) is 22.0 Å². The van der Waals surface area contributed by atoms with Crippen molar-refractivity contribution in [2.45, 2.75) is 30.5 Å². The lowest BCUT2D eigenvalue weighted by molar-refractivity contribution is 0.434. The van der Waals surface area contributed by atoms with E-state index in [0.29, 0.717) is 40.0 Å². The molecule has 0 amide bonds. The van der Waals surface area contributed by atoms with Gasteiger partial charge in [0.1, 0.15) is 5.69 Å². The average Bonchev–Trinajstić information content (AvgIpc) is 3.31. The lowest BCUT2D eigenvalue weighted by Gasteiger charge is -2.09. The third-order valence-corrected chi connectivity index (χ3v) is 7.88. The maximum absolute atomic E-state index is 12.4. The van der Waals surface area contributed by atoms with E-state index in [1.54, 1.807) is 44.2 Å². The Morgan fingerprint density at radius 1 is 1.09 bits per heavy atom. The van der Waals surface area contributed by atoms with Crippen LogP contribution in [0.1, 0.15) is 23.7 Å². The van der Waals surface area contributed by atoms with Crippen molar-refractivity contribution in [2.75, 3.05) is 12.8 Å². The number of nitrogens with zero attached hydrogens (tertiary/aromatic N) is 3. The Morgan fingerprint density at radius 2 is 1.79 bits per heavy atom. The molecule has 0 bridgehead atoms. The van der Waals surface area contributed by atoms with Gasteiger partial charge in [-0.1, -0.05) is 41.0 Å². The summed E-state index contributed by atoms with van der Waals surface area (Å²) in [5.41, 5.74) is 9.99. The molecule has 0 saturated carbocycles. The van der Waals surface area contributed by atoms with E-state index < -0.39 is 15.1 Å². The zero-order chi connectivity index (χ0) is 24.5. The number of nitrogens with two attached hydrogens (primary N) is 1. The Bertz CT molecular complexity index is 1450. The van der Waals surface area contributed by atoms with Crippen LogP contribution in [0.25, 0.3) is 34.0 Å². The van der Waals surface area contributed by atoms with Crippen LogP contribution in [0.5, 0.6) is 0 Å². The molecule has 0 saturated heterocycles. The highest BCUT2D eigenvalue weighted by atomic mass is 35.5. The molecule has 0 aliphatic carbocycles. The average molecular weight is 504 g/mol. The Morgan fingerprint density at radius 3 is 2.44 bits per heavy atom. The molecule has 4 rings (SSSR count). The minimum absolute atomic E-state index is 0. The predicted molar refractivity (Wildman–Crippen MR) is 139 cm³/mol. The minimum Gasteiger partial charge on any atom is -0.382 e. The number of rotatable bonds is 7. The first-order chi connectivity index (χ1) is 16.2. The van der Waals surface area contributed by atoms with Gasteiger partial charge in [-0.05, 0) is 44.7 Å². The van der Waals surface area contributed by atoms with Gasteiger partial charge in [-0.25, -0.2) is 18.4 Å². The summed E-state index contributed by atoms with van der Waals surface area (Å²) in [6.45, 7) is 3.96. The molecule has 0 unspecified atom stereocenters. The van der Waals surface area contributed by atoms with Crippen LogP contribution < -0.4 is 11.1 Å². The van der Waals surface area contributed by atoms with Gasteiger partial charge in [-0.15, -0.1) is 0 Å². The number of hydrogen-bond donors (Lipinski definition) is 2. The van der Waals surface area contributed by atoms with E-state index in [4.69, 9.17) is 21.9 Å². The van der Waals surface area contributed by atoms with Crippen molar-refractivity contribution < 1.29 is 17.2 Å². The first-order valence-corrected chi connectivity index (χ1v) is 12.5. The third kappa shape index (κ3) is 4.68. The number of sulfone groups is 1. The van der Waals surface area contributed by atoms with Gasteiger partial charge < -0.3 is 15.6 Å². The van der Waals surface area contributed by atoms with E-state index in [1.807, 2.05) is 25.2 Å². The van der Waals surface area contributed by atoms with Gasteiger partial charge in [0, 0.05) is 33.0 Å². The summed E-state index contributed by atoms with van der Waals surface area (Å²) >= 11 is 6.37. The minimum atomic E-state index is -3.36. The quantitative estimate of drug-likeness (QED) is 0.346. The van der Waals surface area contributed by atoms with Crippen LogP contribution in [0.2, 0.25) is 5.02 Å². The van der Waals surface area contributed by atoms with Crippen LogP contribution in [-0.4, -0.2) is 35.8 Å². The third-order valence-electron chi connectivity index (χ3n) is 5.36. The van der Waals surface area contributed by atoms with E-state index in [0.717, 1.165) is 11.1 Å². The van der Waals surface area contributed by atoms with Crippen LogP contribution in [0, 0.1) is 0 Å². The molecule has 182 valence electrons. The summed E-state index contributed by atoms with van der Waals surface area (Å²) in [5, 5.41) is 7.33. The van der Waals surface area contributed by atoms with Crippen molar-refractivity contribution in [2.24, 2.45) is 0 Å². The molecule has 0 radical (unpaired) electrons. The summed E-state index contributed by atoms with van der Waals surface area (Å²) in [6, 6.07) is 13.9. The zero-order valence-corrected chi connectivity index (χ0v) is 20.5. The highest BCUT2D eigenvalue weighted by molar-refractivity contribution is 7.92. The van der Waals surface area contributed by atoms with E-state index in [-0.39, 0.29) is 15.0 Å². The molecule has 2 aromatic carbocycles. The normalized spacial score (nSPS) is 11.8. The van der Waals surface area contributed by atoms with Crippen molar-refractivity contribution in [1.29, 1.82) is 0 Å². The number of aromatic nitrogens is 3. The number of nitrogens with one attached hydrogen (secondary N) is 1. The van der Waals surface area contributed by atoms with Gasteiger partial charge in [0.15, 0.2) is 27.1 Å². The fourth-order valence-electron chi connectivity index (χ4n) is 3.37. The van der Waals surface area contributed by atoms with E-state index >= 15 is 0 Å². The highest BCUT2D eigenvalue weighted by Gasteiger charge is 2.20. The lowest BCUT2D eigenvalue weighted by atomic mass is 10.1. The molecule has 2 aromatic heterocycles. The predicted octanol–water partition coefficient (Wildman–Crippen LogP) is 5.34. The Kier molecular flexibility index (Phi) is 6.70. The van der Waals surface area contributed by atoms with Crippen molar-refractivity contribution in [3.8, 4) is 34.0 Å². The van der Waals surface area contributed by atoms with Crippen LogP contribution in [0.15, 0.2) is 64.1 Å². The number of anilines is 1. The van der Waals surface area contributed by atoms with Gasteiger partial charge >= 0.3 is 0 Å². The SMILES string of the molecule is CNCc1ccc(-c2cc(-c3nc(-c4ccc(S(=O)(=O)C(C)C)cc4)cnc3N)on2)cc1Cl.[HH].[HH].[HH]. The molecule has 0 aliphatic rings. The topological polar surface area (TPSA) is 124 Å². The van der Waals surface area contributed by atoms with Crippen molar-refractivity contribution >= 4 is 27.3 Å². The van der Waals surface area contributed by atoms with Crippen LogP contribution >= 0.6 is 11.6 Å². The van der Waals surface area contributed by atoms with Gasteiger partial charge in [0.25, 0.3) is 0 Å². The Hall–Kier alpha value is -3.27. The van der Waals surface area contributed by atoms with E-state index in [1.165, 1.54) is 6.20 Å². The maximum atomic E-state index is 12.4. The first-order valence-electron chi connectivity index (χ1n) is 10.6. The largest absolute Gasteiger partial charge is 0.382 e. The molecule has 34 heavy (non-hydrogen) atoms. The number of hydrogen-bond acceptors (Lipinski definition) is 8. The second kappa shape index (κ2) is 9.54. The molecular weight excluding hydrogens is 474 g/mol. The molecule has 3 N–H and O–H groups in total. The summed E-state index contributed by atoms with van der Waals surface area (Å²) in [5.74, 6) is 0.545. The molecule has 0 fully saturated rings. The molecule has 8 nitrogen and oxygen atoms in total. The monoisotopic (exact) mass is 503 g/mol.